The van der Waals surface area contributed by atoms with E-state index in [2.05, 4.69) is 0 Å². The molecule has 0 radical (unpaired) electrons. The lowest BCUT2D eigenvalue weighted by Gasteiger charge is -2.07. The van der Waals surface area contributed by atoms with Crippen LogP contribution in [0.5, 0.6) is 0 Å². The highest BCUT2D eigenvalue weighted by atomic mass is 32.2. The first kappa shape index (κ1) is 7.97. The molecule has 5 heteroatoms. The number of hydrogen-bond acceptors (Lipinski definition) is 3. The second-order valence-corrected chi connectivity index (χ2v) is 4.20. The molecule has 1 aliphatic heterocycles. The van der Waals surface area contributed by atoms with Crippen LogP contribution in [0, 0.1) is 5.92 Å². The molecule has 0 aromatic rings. The molecular weight excluding hydrogens is 156 g/mol. The van der Waals surface area contributed by atoms with E-state index in [1.54, 1.807) is 6.92 Å². The molecule has 1 N–H and O–H groups in total. The molecule has 0 saturated carbocycles. The van der Waals surface area contributed by atoms with Crippen molar-refractivity contribution in [3.63, 3.8) is 0 Å². The van der Waals surface area contributed by atoms with E-state index in [0.717, 1.165) is 0 Å². The fourth-order valence-electron chi connectivity index (χ4n) is 1.02. The molecule has 0 amide bonds. The van der Waals surface area contributed by atoms with Gasteiger partial charge in [0.05, 0.1) is 13.2 Å². The van der Waals surface area contributed by atoms with Crippen LogP contribution < -0.4 is 0 Å². The van der Waals surface area contributed by atoms with Crippen molar-refractivity contribution in [3.8, 4) is 0 Å². The van der Waals surface area contributed by atoms with Gasteiger partial charge < -0.3 is 4.74 Å². The van der Waals surface area contributed by atoms with Crippen LogP contribution in [0.4, 0.5) is 0 Å². The normalized spacial score (nSPS) is 34.6. The van der Waals surface area contributed by atoms with E-state index in [1.807, 2.05) is 0 Å². The van der Waals surface area contributed by atoms with Crippen LogP contribution in [0.2, 0.25) is 0 Å². The Labute approximate surface area is 59.9 Å². The fourth-order valence-corrected chi connectivity index (χ4v) is 1.96. The molecule has 60 valence electrons. The van der Waals surface area contributed by atoms with E-state index in [0.29, 0.717) is 6.61 Å². The molecule has 1 aliphatic rings. The topological polar surface area (TPSA) is 63.6 Å². The standard InChI is InChI=1S/C5H10O4S/c1-4-2-9-3-5(4)10(6,7)8/h4-5H,2-3H2,1H3,(H,6,7,8). The molecular formula is C5H10O4S. The summed E-state index contributed by atoms with van der Waals surface area (Å²) in [5, 5.41) is -0.715. The minimum atomic E-state index is -3.88. The van der Waals surface area contributed by atoms with Gasteiger partial charge in [-0.05, 0) is 0 Å². The highest BCUT2D eigenvalue weighted by molar-refractivity contribution is 7.86. The molecule has 0 aromatic heterocycles. The third-order valence-corrected chi connectivity index (χ3v) is 3.05. The molecule has 0 aromatic carbocycles. The van der Waals surface area contributed by atoms with E-state index >= 15 is 0 Å². The van der Waals surface area contributed by atoms with E-state index < -0.39 is 15.4 Å². The number of rotatable bonds is 1. The average molecular weight is 166 g/mol. The lowest BCUT2D eigenvalue weighted by atomic mass is 10.2. The summed E-state index contributed by atoms with van der Waals surface area (Å²) in [6.07, 6.45) is 0. The van der Waals surface area contributed by atoms with Gasteiger partial charge in [0.2, 0.25) is 0 Å². The molecule has 1 saturated heterocycles. The van der Waals surface area contributed by atoms with E-state index in [1.165, 1.54) is 0 Å². The zero-order chi connectivity index (χ0) is 7.78. The van der Waals surface area contributed by atoms with Crippen molar-refractivity contribution in [1.29, 1.82) is 0 Å². The third-order valence-electron chi connectivity index (χ3n) is 1.68. The van der Waals surface area contributed by atoms with Crippen LogP contribution in [-0.4, -0.2) is 31.4 Å². The predicted octanol–water partition coefficient (Wildman–Crippen LogP) is -0.0909. The fraction of sp³-hybridized carbons (Fsp3) is 1.00. The minimum absolute atomic E-state index is 0.0880. The Morgan fingerprint density at radius 1 is 1.50 bits per heavy atom. The quantitative estimate of drug-likeness (QED) is 0.553. The van der Waals surface area contributed by atoms with Crippen molar-refractivity contribution in [3.05, 3.63) is 0 Å². The van der Waals surface area contributed by atoms with Crippen LogP contribution >= 0.6 is 0 Å². The van der Waals surface area contributed by atoms with Gasteiger partial charge >= 0.3 is 0 Å². The van der Waals surface area contributed by atoms with Crippen molar-refractivity contribution in [2.75, 3.05) is 13.2 Å². The van der Waals surface area contributed by atoms with Gasteiger partial charge in [0.15, 0.2) is 0 Å². The van der Waals surface area contributed by atoms with Gasteiger partial charge in [-0.1, -0.05) is 6.92 Å². The maximum atomic E-state index is 10.5. The van der Waals surface area contributed by atoms with Crippen molar-refractivity contribution < 1.29 is 17.7 Å². The van der Waals surface area contributed by atoms with Crippen LogP contribution in [0.25, 0.3) is 0 Å². The highest BCUT2D eigenvalue weighted by Crippen LogP contribution is 2.18. The molecule has 2 unspecified atom stereocenters. The highest BCUT2D eigenvalue weighted by Gasteiger charge is 2.34. The van der Waals surface area contributed by atoms with Crippen molar-refractivity contribution in [1.82, 2.24) is 0 Å². The summed E-state index contributed by atoms with van der Waals surface area (Å²) in [5.41, 5.74) is 0. The maximum Gasteiger partial charge on any atom is 0.270 e. The van der Waals surface area contributed by atoms with Crippen LogP contribution in [-0.2, 0) is 14.9 Å². The summed E-state index contributed by atoms with van der Waals surface area (Å²) in [7, 11) is -3.88. The molecule has 0 aliphatic carbocycles. The van der Waals surface area contributed by atoms with Gasteiger partial charge in [-0.3, -0.25) is 4.55 Å². The average Bonchev–Trinajstić information content (AvgIpc) is 2.11. The molecule has 1 heterocycles. The molecule has 2 atom stereocenters. The zero-order valence-corrected chi connectivity index (χ0v) is 6.47. The zero-order valence-electron chi connectivity index (χ0n) is 5.65. The second-order valence-electron chi connectivity index (χ2n) is 2.57. The van der Waals surface area contributed by atoms with Crippen molar-refractivity contribution >= 4 is 10.1 Å². The van der Waals surface area contributed by atoms with E-state index in [4.69, 9.17) is 9.29 Å². The van der Waals surface area contributed by atoms with E-state index in [-0.39, 0.29) is 12.5 Å². The lowest BCUT2D eigenvalue weighted by molar-refractivity contribution is 0.188. The smallest absolute Gasteiger partial charge is 0.270 e. The maximum absolute atomic E-state index is 10.5. The first-order valence-electron chi connectivity index (χ1n) is 3.06. The summed E-state index contributed by atoms with van der Waals surface area (Å²) in [5.74, 6) is -0.0880. The first-order chi connectivity index (χ1) is 4.52. The van der Waals surface area contributed by atoms with Crippen LogP contribution in [0.3, 0.4) is 0 Å². The minimum Gasteiger partial charge on any atom is -0.380 e. The van der Waals surface area contributed by atoms with Gasteiger partial charge in [-0.2, -0.15) is 8.42 Å². The molecule has 10 heavy (non-hydrogen) atoms. The van der Waals surface area contributed by atoms with E-state index in [9.17, 15) is 8.42 Å². The van der Waals surface area contributed by atoms with Crippen molar-refractivity contribution in [2.24, 2.45) is 5.92 Å². The summed E-state index contributed by atoms with van der Waals surface area (Å²) in [6, 6.07) is 0. The van der Waals surface area contributed by atoms with Gasteiger partial charge in [0.25, 0.3) is 10.1 Å². The van der Waals surface area contributed by atoms with Gasteiger partial charge in [0.1, 0.15) is 5.25 Å². The van der Waals surface area contributed by atoms with Crippen molar-refractivity contribution in [2.45, 2.75) is 12.2 Å². The molecule has 0 bridgehead atoms. The first-order valence-corrected chi connectivity index (χ1v) is 4.56. The monoisotopic (exact) mass is 166 g/mol. The molecule has 4 nitrogen and oxygen atoms in total. The third kappa shape index (κ3) is 1.47. The Kier molecular flexibility index (Phi) is 1.98. The SMILES string of the molecule is CC1COCC1S(=O)(=O)O. The van der Waals surface area contributed by atoms with Gasteiger partial charge in [-0.15, -0.1) is 0 Å². The summed E-state index contributed by atoms with van der Waals surface area (Å²) >= 11 is 0. The Hall–Kier alpha value is -0.130. The summed E-state index contributed by atoms with van der Waals surface area (Å²) < 4.78 is 34.5. The molecule has 1 fully saturated rings. The summed E-state index contributed by atoms with van der Waals surface area (Å²) in [4.78, 5) is 0. The lowest BCUT2D eigenvalue weighted by Crippen LogP contribution is -2.26. The van der Waals surface area contributed by atoms with Gasteiger partial charge in [-0.25, -0.2) is 0 Å². The summed E-state index contributed by atoms with van der Waals surface area (Å²) in [6.45, 7) is 2.29. The van der Waals surface area contributed by atoms with Crippen LogP contribution in [0.1, 0.15) is 6.92 Å². The molecule has 1 rings (SSSR count). The van der Waals surface area contributed by atoms with Gasteiger partial charge in [0, 0.05) is 5.92 Å². The largest absolute Gasteiger partial charge is 0.380 e. The Morgan fingerprint density at radius 3 is 2.30 bits per heavy atom. The number of hydrogen-bond donors (Lipinski definition) is 1. The second kappa shape index (κ2) is 2.48. The Bertz CT molecular complexity index is 208. The number of ether oxygens (including phenoxy) is 1. The Balaban J connectivity index is 2.74. The Morgan fingerprint density at radius 2 is 2.10 bits per heavy atom. The molecule has 0 spiro atoms. The predicted molar refractivity (Wildman–Crippen MR) is 35.3 cm³/mol. The van der Waals surface area contributed by atoms with Crippen LogP contribution in [0.15, 0.2) is 0 Å².